The van der Waals surface area contributed by atoms with E-state index in [1.807, 2.05) is 36.4 Å². The zero-order chi connectivity index (χ0) is 16.1. The van der Waals surface area contributed by atoms with Gasteiger partial charge in [0.25, 0.3) is 5.91 Å². The van der Waals surface area contributed by atoms with Gasteiger partial charge < -0.3 is 4.90 Å². The molecule has 0 aliphatic carbocycles. The summed E-state index contributed by atoms with van der Waals surface area (Å²) >= 11 is 0. The first kappa shape index (κ1) is 15.5. The first-order valence-corrected chi connectivity index (χ1v) is 8.21. The third kappa shape index (κ3) is 3.86. The Morgan fingerprint density at radius 3 is 2.43 bits per heavy atom. The van der Waals surface area contributed by atoms with Crippen molar-refractivity contribution < 1.29 is 4.79 Å². The third-order valence-electron chi connectivity index (χ3n) is 4.28. The van der Waals surface area contributed by atoms with Crippen LogP contribution in [0.25, 0.3) is 0 Å². The van der Waals surface area contributed by atoms with Crippen molar-refractivity contribution in [1.82, 2.24) is 4.90 Å². The van der Waals surface area contributed by atoms with Crippen molar-refractivity contribution in [3.05, 3.63) is 71.8 Å². The van der Waals surface area contributed by atoms with Gasteiger partial charge >= 0.3 is 0 Å². The van der Waals surface area contributed by atoms with Gasteiger partial charge in [-0.1, -0.05) is 55.5 Å². The lowest BCUT2D eigenvalue weighted by Crippen LogP contribution is -2.40. The number of piperidine rings is 1. The number of aliphatic imine (C=N–C) groups is 1. The summed E-state index contributed by atoms with van der Waals surface area (Å²) in [5.41, 5.74) is 1.90. The van der Waals surface area contributed by atoms with Crippen LogP contribution in [0.5, 0.6) is 0 Å². The average molecular weight is 306 g/mol. The Labute approximate surface area is 137 Å². The highest BCUT2D eigenvalue weighted by atomic mass is 16.1. The first-order chi connectivity index (χ1) is 11.2. The van der Waals surface area contributed by atoms with Crippen LogP contribution in [-0.4, -0.2) is 23.2 Å². The molecular weight excluding hydrogens is 284 g/mol. The van der Waals surface area contributed by atoms with Gasteiger partial charge in [-0.25, -0.2) is 0 Å². The first-order valence-electron chi connectivity index (χ1n) is 8.21. The fraction of sp³-hybridized carbons (Fsp3) is 0.300. The van der Waals surface area contributed by atoms with Crippen LogP contribution in [-0.2, 0) is 6.54 Å². The van der Waals surface area contributed by atoms with Crippen LogP contribution in [0.2, 0.25) is 0 Å². The third-order valence-corrected chi connectivity index (χ3v) is 4.28. The Bertz CT molecular complexity index is 679. The maximum atomic E-state index is 12.4. The van der Waals surface area contributed by atoms with Gasteiger partial charge in [-0.3, -0.25) is 4.79 Å². The molecule has 0 radical (unpaired) electrons. The SMILES string of the molecule is CC1CCCN(Cc2ccccc2)C1=NC(=O)c1ccccc1. The van der Waals surface area contributed by atoms with Crippen LogP contribution in [0.15, 0.2) is 65.7 Å². The fourth-order valence-corrected chi connectivity index (χ4v) is 3.04. The molecule has 1 amide bonds. The molecule has 0 saturated carbocycles. The van der Waals surface area contributed by atoms with E-state index in [2.05, 4.69) is 41.1 Å². The molecule has 3 rings (SSSR count). The fourth-order valence-electron chi connectivity index (χ4n) is 3.04. The van der Waals surface area contributed by atoms with Gasteiger partial charge in [0.05, 0.1) is 0 Å². The monoisotopic (exact) mass is 306 g/mol. The molecule has 3 nitrogen and oxygen atoms in total. The van der Waals surface area contributed by atoms with Gasteiger partial charge in [-0.2, -0.15) is 4.99 Å². The highest BCUT2D eigenvalue weighted by Gasteiger charge is 2.24. The number of carbonyl (C=O) groups is 1. The van der Waals surface area contributed by atoms with Crippen LogP contribution in [0, 0.1) is 5.92 Å². The molecule has 0 N–H and O–H groups in total. The Morgan fingerprint density at radius 2 is 1.74 bits per heavy atom. The molecule has 1 saturated heterocycles. The molecule has 1 heterocycles. The Morgan fingerprint density at radius 1 is 1.09 bits per heavy atom. The van der Waals surface area contributed by atoms with E-state index in [0.29, 0.717) is 11.5 Å². The van der Waals surface area contributed by atoms with Gasteiger partial charge in [0.1, 0.15) is 5.84 Å². The summed E-state index contributed by atoms with van der Waals surface area (Å²) in [5, 5.41) is 0. The molecule has 2 aromatic rings. The highest BCUT2D eigenvalue weighted by molar-refractivity contribution is 6.03. The van der Waals surface area contributed by atoms with E-state index >= 15 is 0 Å². The lowest BCUT2D eigenvalue weighted by Gasteiger charge is -2.34. The van der Waals surface area contributed by atoms with Gasteiger partial charge in [0, 0.05) is 24.6 Å². The lowest BCUT2D eigenvalue weighted by atomic mass is 9.97. The number of hydrogen-bond donors (Lipinski definition) is 0. The number of benzene rings is 2. The molecule has 1 aliphatic heterocycles. The summed E-state index contributed by atoms with van der Waals surface area (Å²) in [6.07, 6.45) is 2.23. The van der Waals surface area contributed by atoms with E-state index in [4.69, 9.17) is 0 Å². The van der Waals surface area contributed by atoms with Crippen molar-refractivity contribution in [3.63, 3.8) is 0 Å². The number of nitrogens with zero attached hydrogens (tertiary/aromatic N) is 2. The summed E-state index contributed by atoms with van der Waals surface area (Å²) in [6.45, 7) is 3.93. The van der Waals surface area contributed by atoms with E-state index in [0.717, 1.165) is 31.8 Å². The number of hydrogen-bond acceptors (Lipinski definition) is 1. The van der Waals surface area contributed by atoms with Crippen LogP contribution < -0.4 is 0 Å². The Hall–Kier alpha value is -2.42. The van der Waals surface area contributed by atoms with E-state index in [1.165, 1.54) is 5.56 Å². The second-order valence-corrected chi connectivity index (χ2v) is 6.09. The molecule has 0 spiro atoms. The van der Waals surface area contributed by atoms with Crippen molar-refractivity contribution in [2.75, 3.05) is 6.54 Å². The minimum atomic E-state index is -0.146. The standard InChI is InChI=1S/C20H22N2O/c1-16-9-8-14-22(15-17-10-4-2-5-11-17)19(16)21-20(23)18-12-6-3-7-13-18/h2-7,10-13,16H,8-9,14-15H2,1H3. The lowest BCUT2D eigenvalue weighted by molar-refractivity contribution is 0.0999. The Kier molecular flexibility index (Phi) is 4.86. The molecule has 0 aromatic heterocycles. The van der Waals surface area contributed by atoms with Crippen molar-refractivity contribution in [2.24, 2.45) is 10.9 Å². The van der Waals surface area contributed by atoms with Gasteiger partial charge in [0.2, 0.25) is 0 Å². The molecule has 23 heavy (non-hydrogen) atoms. The smallest absolute Gasteiger partial charge is 0.278 e. The van der Waals surface area contributed by atoms with Crippen molar-refractivity contribution in [3.8, 4) is 0 Å². The van der Waals surface area contributed by atoms with Gasteiger partial charge in [0.15, 0.2) is 0 Å². The summed E-state index contributed by atoms with van der Waals surface area (Å²) in [4.78, 5) is 19.2. The van der Waals surface area contributed by atoms with Crippen LogP contribution in [0.3, 0.4) is 0 Å². The predicted molar refractivity (Wildman–Crippen MR) is 93.5 cm³/mol. The topological polar surface area (TPSA) is 32.7 Å². The Balaban J connectivity index is 1.83. The number of likely N-dealkylation sites (tertiary alicyclic amines) is 1. The zero-order valence-corrected chi connectivity index (χ0v) is 13.5. The molecule has 1 atom stereocenters. The van der Waals surface area contributed by atoms with E-state index in [-0.39, 0.29) is 5.91 Å². The van der Waals surface area contributed by atoms with E-state index in [9.17, 15) is 4.79 Å². The molecule has 1 unspecified atom stereocenters. The summed E-state index contributed by atoms with van der Waals surface area (Å²) in [7, 11) is 0. The molecule has 0 bridgehead atoms. The second-order valence-electron chi connectivity index (χ2n) is 6.09. The molecule has 3 heteroatoms. The number of carbonyl (C=O) groups excluding carboxylic acids is 1. The maximum absolute atomic E-state index is 12.4. The van der Waals surface area contributed by atoms with Gasteiger partial charge in [-0.15, -0.1) is 0 Å². The minimum absolute atomic E-state index is 0.146. The van der Waals surface area contributed by atoms with Crippen molar-refractivity contribution in [1.29, 1.82) is 0 Å². The van der Waals surface area contributed by atoms with Crippen LogP contribution >= 0.6 is 0 Å². The number of amidine groups is 1. The molecule has 1 fully saturated rings. The van der Waals surface area contributed by atoms with E-state index in [1.54, 1.807) is 0 Å². The zero-order valence-electron chi connectivity index (χ0n) is 13.5. The van der Waals surface area contributed by atoms with Crippen molar-refractivity contribution >= 4 is 11.7 Å². The maximum Gasteiger partial charge on any atom is 0.278 e. The number of rotatable bonds is 3. The normalized spacial score (nSPS) is 19.8. The summed E-state index contributed by atoms with van der Waals surface area (Å²) in [6, 6.07) is 19.7. The quantitative estimate of drug-likeness (QED) is 0.853. The highest BCUT2D eigenvalue weighted by Crippen LogP contribution is 2.21. The summed E-state index contributed by atoms with van der Waals surface area (Å²) < 4.78 is 0. The largest absolute Gasteiger partial charge is 0.355 e. The second kappa shape index (κ2) is 7.23. The number of amides is 1. The molecule has 118 valence electrons. The van der Waals surface area contributed by atoms with Gasteiger partial charge in [-0.05, 0) is 30.5 Å². The summed E-state index contributed by atoms with van der Waals surface area (Å²) in [5.74, 6) is 1.10. The van der Waals surface area contributed by atoms with E-state index < -0.39 is 0 Å². The van der Waals surface area contributed by atoms with Crippen LogP contribution in [0.1, 0.15) is 35.7 Å². The molecule has 2 aromatic carbocycles. The molecular formula is C20H22N2O. The van der Waals surface area contributed by atoms with Crippen LogP contribution in [0.4, 0.5) is 0 Å². The predicted octanol–water partition coefficient (Wildman–Crippen LogP) is 4.16. The van der Waals surface area contributed by atoms with Crippen molar-refractivity contribution in [2.45, 2.75) is 26.3 Å². The minimum Gasteiger partial charge on any atom is -0.355 e. The molecule has 1 aliphatic rings. The average Bonchev–Trinajstić information content (AvgIpc) is 2.59.